The normalized spacial score (nSPS) is 11.0. The molecule has 0 bridgehead atoms. The molecule has 0 unspecified atom stereocenters. The molecule has 27 heavy (non-hydrogen) atoms. The molecule has 0 aliphatic rings. The van der Waals surface area contributed by atoms with Crippen LogP contribution in [-0.2, 0) is 0 Å². The van der Waals surface area contributed by atoms with Crippen molar-refractivity contribution in [3.8, 4) is 17.0 Å². The number of thiophene rings is 1. The van der Waals surface area contributed by atoms with Crippen LogP contribution in [0.15, 0.2) is 52.9 Å². The van der Waals surface area contributed by atoms with Gasteiger partial charge in [0.05, 0.1) is 18.5 Å². The van der Waals surface area contributed by atoms with E-state index in [1.54, 1.807) is 23.6 Å². The molecule has 3 rings (SSSR count). The van der Waals surface area contributed by atoms with Gasteiger partial charge in [0, 0.05) is 10.4 Å². The van der Waals surface area contributed by atoms with Crippen LogP contribution in [0.25, 0.3) is 11.3 Å². The minimum absolute atomic E-state index is 0.336. The Hall–Kier alpha value is -2.93. The molecule has 7 heteroatoms. The van der Waals surface area contributed by atoms with Crippen LogP contribution in [0.3, 0.4) is 0 Å². The van der Waals surface area contributed by atoms with E-state index in [1.165, 1.54) is 12.8 Å². The summed E-state index contributed by atoms with van der Waals surface area (Å²) in [4.78, 5) is 13.1. The highest BCUT2D eigenvalue weighted by molar-refractivity contribution is 7.11. The molecule has 3 aromatic rings. The monoisotopic (exact) mass is 382 g/mol. The summed E-state index contributed by atoms with van der Waals surface area (Å²) in [5, 5.41) is 12.8. The van der Waals surface area contributed by atoms with E-state index in [0.29, 0.717) is 11.4 Å². The van der Waals surface area contributed by atoms with E-state index in [9.17, 15) is 4.79 Å². The quantitative estimate of drug-likeness (QED) is 0.325. The molecule has 0 radical (unpaired) electrons. The Kier molecular flexibility index (Phi) is 6.76. The maximum Gasteiger partial charge on any atom is 0.289 e. The number of amides is 1. The van der Waals surface area contributed by atoms with Crippen LogP contribution in [0.1, 0.15) is 41.6 Å². The second kappa shape index (κ2) is 9.68. The summed E-state index contributed by atoms with van der Waals surface area (Å²) in [5.74, 6) is 0.503. The summed E-state index contributed by atoms with van der Waals surface area (Å²) in [5.41, 5.74) is 4.45. The Labute approximate surface area is 162 Å². The second-order valence-electron chi connectivity index (χ2n) is 5.96. The van der Waals surface area contributed by atoms with E-state index in [0.717, 1.165) is 29.2 Å². The predicted octanol–water partition coefficient (Wildman–Crippen LogP) is 4.47. The van der Waals surface area contributed by atoms with Gasteiger partial charge in [-0.3, -0.25) is 9.89 Å². The molecule has 0 spiro atoms. The number of rotatable bonds is 9. The van der Waals surface area contributed by atoms with Crippen molar-refractivity contribution in [3.05, 3.63) is 58.4 Å². The van der Waals surface area contributed by atoms with Gasteiger partial charge in [-0.15, -0.1) is 11.3 Å². The summed E-state index contributed by atoms with van der Waals surface area (Å²) >= 11 is 1.55. The molecule has 0 saturated carbocycles. The molecule has 2 N–H and O–H groups in total. The van der Waals surface area contributed by atoms with Crippen molar-refractivity contribution in [1.82, 2.24) is 15.6 Å². The molecule has 0 fully saturated rings. The number of carbonyl (C=O) groups excluding carboxylic acids is 1. The number of nitrogens with one attached hydrogen (secondary N) is 2. The molecule has 0 aliphatic carbocycles. The van der Waals surface area contributed by atoms with E-state index >= 15 is 0 Å². The summed E-state index contributed by atoms with van der Waals surface area (Å²) in [6, 6.07) is 13.3. The van der Waals surface area contributed by atoms with E-state index in [-0.39, 0.29) is 5.91 Å². The molecule has 1 amide bonds. The van der Waals surface area contributed by atoms with Crippen molar-refractivity contribution >= 4 is 23.5 Å². The molecule has 6 nitrogen and oxygen atoms in total. The lowest BCUT2D eigenvalue weighted by Gasteiger charge is -2.06. The number of hydrogen-bond donors (Lipinski definition) is 2. The number of H-pyrrole nitrogens is 1. The third-order valence-electron chi connectivity index (χ3n) is 3.89. The number of nitrogens with zero attached hydrogens (tertiary/aromatic N) is 2. The standard InChI is InChI=1S/C20H22N4O2S/c1-2-3-4-11-26-16-9-7-15(8-10-16)18-13-19(23-22-18)20(25)24-21-14-17-6-5-12-27-17/h5-10,12-14H,2-4,11H2,1H3,(H,22,23)(H,24,25). The number of hydrogen-bond acceptors (Lipinski definition) is 5. The van der Waals surface area contributed by atoms with E-state index in [1.807, 2.05) is 41.8 Å². The van der Waals surface area contributed by atoms with E-state index < -0.39 is 0 Å². The zero-order valence-corrected chi connectivity index (χ0v) is 16.0. The first-order chi connectivity index (χ1) is 13.3. The zero-order chi connectivity index (χ0) is 18.9. The lowest BCUT2D eigenvalue weighted by atomic mass is 10.1. The Morgan fingerprint density at radius 3 is 2.89 bits per heavy atom. The van der Waals surface area contributed by atoms with Gasteiger partial charge < -0.3 is 4.74 Å². The van der Waals surface area contributed by atoms with Crippen molar-refractivity contribution in [2.24, 2.45) is 5.10 Å². The van der Waals surface area contributed by atoms with Crippen molar-refractivity contribution in [3.63, 3.8) is 0 Å². The molecular weight excluding hydrogens is 360 g/mol. The minimum Gasteiger partial charge on any atom is -0.494 e. The highest BCUT2D eigenvalue weighted by Gasteiger charge is 2.10. The third-order valence-corrected chi connectivity index (χ3v) is 4.70. The molecule has 1 aromatic carbocycles. The van der Waals surface area contributed by atoms with Gasteiger partial charge >= 0.3 is 0 Å². The first-order valence-electron chi connectivity index (χ1n) is 8.92. The van der Waals surface area contributed by atoms with Crippen molar-refractivity contribution in [1.29, 1.82) is 0 Å². The van der Waals surface area contributed by atoms with Gasteiger partial charge in [-0.05, 0) is 48.2 Å². The largest absolute Gasteiger partial charge is 0.494 e. The molecule has 0 aliphatic heterocycles. The smallest absolute Gasteiger partial charge is 0.289 e. The Morgan fingerprint density at radius 1 is 1.30 bits per heavy atom. The molecule has 2 aromatic heterocycles. The van der Waals surface area contributed by atoms with E-state index in [4.69, 9.17) is 4.74 Å². The van der Waals surface area contributed by atoms with Gasteiger partial charge in [0.15, 0.2) is 0 Å². The van der Waals surface area contributed by atoms with Gasteiger partial charge in [-0.2, -0.15) is 10.2 Å². The topological polar surface area (TPSA) is 79.4 Å². The molecule has 2 heterocycles. The van der Waals surface area contributed by atoms with Crippen LogP contribution in [0, 0.1) is 0 Å². The van der Waals surface area contributed by atoms with Gasteiger partial charge in [-0.25, -0.2) is 5.43 Å². The number of aromatic nitrogens is 2. The maximum atomic E-state index is 12.1. The minimum atomic E-state index is -0.336. The fraction of sp³-hybridized carbons (Fsp3) is 0.250. The van der Waals surface area contributed by atoms with Gasteiger partial charge in [0.25, 0.3) is 5.91 Å². The number of ether oxygens (including phenoxy) is 1. The van der Waals surface area contributed by atoms with Crippen LogP contribution in [0.4, 0.5) is 0 Å². The van der Waals surface area contributed by atoms with E-state index in [2.05, 4.69) is 27.6 Å². The second-order valence-corrected chi connectivity index (χ2v) is 6.94. The zero-order valence-electron chi connectivity index (χ0n) is 15.1. The molecular formula is C20H22N4O2S. The van der Waals surface area contributed by atoms with Crippen molar-refractivity contribution in [2.45, 2.75) is 26.2 Å². The van der Waals surface area contributed by atoms with Crippen LogP contribution >= 0.6 is 11.3 Å². The lowest BCUT2D eigenvalue weighted by molar-refractivity contribution is 0.0950. The highest BCUT2D eigenvalue weighted by Crippen LogP contribution is 2.21. The van der Waals surface area contributed by atoms with Gasteiger partial charge in [0.1, 0.15) is 11.4 Å². The average Bonchev–Trinajstić information content (AvgIpc) is 3.38. The van der Waals surface area contributed by atoms with Crippen molar-refractivity contribution in [2.75, 3.05) is 6.61 Å². The Morgan fingerprint density at radius 2 is 2.15 bits per heavy atom. The van der Waals surface area contributed by atoms with Gasteiger partial charge in [-0.1, -0.05) is 25.8 Å². The summed E-state index contributed by atoms with van der Waals surface area (Å²) in [6.45, 7) is 2.90. The first-order valence-corrected chi connectivity index (χ1v) is 9.80. The summed E-state index contributed by atoms with van der Waals surface area (Å²) in [6.07, 6.45) is 5.02. The predicted molar refractivity (Wildman–Crippen MR) is 108 cm³/mol. The molecule has 0 saturated heterocycles. The maximum absolute atomic E-state index is 12.1. The fourth-order valence-electron chi connectivity index (χ4n) is 2.43. The van der Waals surface area contributed by atoms with Gasteiger partial charge in [0.2, 0.25) is 0 Å². The first kappa shape index (κ1) is 18.8. The summed E-state index contributed by atoms with van der Waals surface area (Å²) in [7, 11) is 0. The third kappa shape index (κ3) is 5.52. The molecule has 140 valence electrons. The number of benzene rings is 1. The number of aromatic amines is 1. The Bertz CT molecular complexity index is 870. The van der Waals surface area contributed by atoms with Crippen LogP contribution in [-0.4, -0.2) is 28.9 Å². The summed E-state index contributed by atoms with van der Waals surface area (Å²) < 4.78 is 5.71. The molecule has 0 atom stereocenters. The Balaban J connectivity index is 1.55. The highest BCUT2D eigenvalue weighted by atomic mass is 32.1. The fourth-order valence-corrected chi connectivity index (χ4v) is 3.01. The SMILES string of the molecule is CCCCCOc1ccc(-c2cc(C(=O)NN=Cc3cccs3)[nH]n2)cc1. The number of hydrazone groups is 1. The van der Waals surface area contributed by atoms with Crippen LogP contribution in [0.2, 0.25) is 0 Å². The number of carbonyl (C=O) groups is 1. The van der Waals surface area contributed by atoms with Crippen molar-refractivity contribution < 1.29 is 9.53 Å². The number of unbranched alkanes of at least 4 members (excludes halogenated alkanes) is 2. The van der Waals surface area contributed by atoms with Crippen LogP contribution in [0.5, 0.6) is 5.75 Å². The lowest BCUT2D eigenvalue weighted by Crippen LogP contribution is -2.17. The van der Waals surface area contributed by atoms with Crippen LogP contribution < -0.4 is 10.2 Å². The average molecular weight is 382 g/mol.